The molecule has 1 aromatic rings. The van der Waals surface area contributed by atoms with Gasteiger partial charge >= 0.3 is 18.0 Å². The van der Waals surface area contributed by atoms with E-state index in [-0.39, 0.29) is 0 Å². The molecule has 2 amide bonds. The summed E-state index contributed by atoms with van der Waals surface area (Å²) in [6, 6.07) is 2.25. The molecule has 0 aromatic heterocycles. The van der Waals surface area contributed by atoms with Crippen LogP contribution in [0.2, 0.25) is 5.02 Å². The molecule has 4 N–H and O–H groups in total. The van der Waals surface area contributed by atoms with Crippen molar-refractivity contribution in [2.45, 2.75) is 12.5 Å². The molecule has 0 spiro atoms. The zero-order valence-corrected chi connectivity index (χ0v) is 12.2. The fourth-order valence-corrected chi connectivity index (χ4v) is 2.06. The lowest BCUT2D eigenvalue weighted by Crippen LogP contribution is -2.44. The van der Waals surface area contributed by atoms with Gasteiger partial charge in [-0.15, -0.1) is 0 Å². The number of amides is 2. The number of carboxylic acid groups (broad SMARTS) is 2. The number of halogens is 2. The highest BCUT2D eigenvalue weighted by Gasteiger charge is 2.23. The molecule has 0 fully saturated rings. The average Bonchev–Trinajstić information content (AvgIpc) is 2.31. The molecule has 0 aliphatic rings. The molecule has 0 unspecified atom stereocenters. The molecule has 0 radical (unpaired) electrons. The third kappa shape index (κ3) is 5.06. The van der Waals surface area contributed by atoms with Crippen LogP contribution in [0.15, 0.2) is 22.7 Å². The van der Waals surface area contributed by atoms with Gasteiger partial charge in [0.2, 0.25) is 0 Å². The van der Waals surface area contributed by atoms with E-state index >= 15 is 0 Å². The van der Waals surface area contributed by atoms with Gasteiger partial charge in [-0.1, -0.05) is 11.6 Å². The molecule has 1 aromatic carbocycles. The van der Waals surface area contributed by atoms with Crippen molar-refractivity contribution in [1.82, 2.24) is 5.32 Å². The second kappa shape index (κ2) is 7.11. The first-order chi connectivity index (χ1) is 9.29. The molecule has 0 saturated heterocycles. The van der Waals surface area contributed by atoms with Crippen LogP contribution in [-0.2, 0) is 9.59 Å². The van der Waals surface area contributed by atoms with Crippen molar-refractivity contribution in [2.75, 3.05) is 5.32 Å². The Labute approximate surface area is 127 Å². The maximum Gasteiger partial charge on any atom is 0.326 e. The molecule has 0 aliphatic heterocycles. The van der Waals surface area contributed by atoms with E-state index in [1.165, 1.54) is 12.1 Å². The van der Waals surface area contributed by atoms with Gasteiger partial charge in [0.1, 0.15) is 6.04 Å². The summed E-state index contributed by atoms with van der Waals surface area (Å²) in [7, 11) is 0. The Kier molecular flexibility index (Phi) is 5.78. The number of hydrogen-bond acceptors (Lipinski definition) is 3. The van der Waals surface area contributed by atoms with Crippen LogP contribution >= 0.6 is 27.5 Å². The van der Waals surface area contributed by atoms with E-state index in [0.717, 1.165) is 0 Å². The lowest BCUT2D eigenvalue weighted by molar-refractivity contribution is -0.145. The first-order valence-corrected chi connectivity index (χ1v) is 6.44. The maximum atomic E-state index is 11.6. The zero-order chi connectivity index (χ0) is 15.3. The van der Waals surface area contributed by atoms with E-state index < -0.39 is 30.4 Å². The number of hydrogen-bond donors (Lipinski definition) is 4. The molecule has 1 rings (SSSR count). The average molecular weight is 366 g/mol. The quantitative estimate of drug-likeness (QED) is 0.638. The Bertz CT molecular complexity index is 552. The zero-order valence-electron chi connectivity index (χ0n) is 9.89. The Morgan fingerprint density at radius 1 is 1.30 bits per heavy atom. The van der Waals surface area contributed by atoms with Crippen LogP contribution in [0.3, 0.4) is 0 Å². The highest BCUT2D eigenvalue weighted by molar-refractivity contribution is 9.10. The smallest absolute Gasteiger partial charge is 0.326 e. The summed E-state index contributed by atoms with van der Waals surface area (Å²) in [6.45, 7) is 0. The first-order valence-electron chi connectivity index (χ1n) is 5.26. The lowest BCUT2D eigenvalue weighted by atomic mass is 10.2. The minimum atomic E-state index is -1.52. The maximum absolute atomic E-state index is 11.6. The molecule has 108 valence electrons. The molecular formula is C11H10BrClN2O5. The number of anilines is 1. The summed E-state index contributed by atoms with van der Waals surface area (Å²) < 4.78 is 0.505. The monoisotopic (exact) mass is 364 g/mol. The number of rotatable bonds is 5. The van der Waals surface area contributed by atoms with Crippen LogP contribution in [0.5, 0.6) is 0 Å². The summed E-state index contributed by atoms with van der Waals surface area (Å²) in [5, 5.41) is 22.2. The van der Waals surface area contributed by atoms with Gasteiger partial charge in [0.15, 0.2) is 0 Å². The van der Waals surface area contributed by atoms with Gasteiger partial charge in [0, 0.05) is 9.50 Å². The minimum absolute atomic E-state index is 0.367. The standard InChI is InChI=1S/C11H10BrClN2O5/c12-6-3-5(13)1-2-7(6)14-11(20)15-8(10(18)19)4-9(16)17/h1-3,8H,4H2,(H,16,17)(H,18,19)(H2,14,15,20)/t8-/m0/s1. The van der Waals surface area contributed by atoms with E-state index in [9.17, 15) is 14.4 Å². The Balaban J connectivity index is 2.70. The fourth-order valence-electron chi connectivity index (χ4n) is 1.28. The Hall–Kier alpha value is -1.80. The second-order valence-corrected chi connectivity index (χ2v) is 5.00. The molecule has 0 aliphatic carbocycles. The fraction of sp³-hybridized carbons (Fsp3) is 0.182. The molecule has 0 heterocycles. The first kappa shape index (κ1) is 16.3. The SMILES string of the molecule is O=C(O)C[C@H](NC(=O)Nc1ccc(Cl)cc1Br)C(=O)O. The van der Waals surface area contributed by atoms with Crippen molar-refractivity contribution in [1.29, 1.82) is 0 Å². The van der Waals surface area contributed by atoms with Crippen LogP contribution in [0.1, 0.15) is 6.42 Å². The number of nitrogens with one attached hydrogen (secondary N) is 2. The van der Waals surface area contributed by atoms with Crippen LogP contribution < -0.4 is 10.6 Å². The van der Waals surface area contributed by atoms with Gasteiger partial charge in [-0.05, 0) is 34.1 Å². The van der Waals surface area contributed by atoms with Gasteiger partial charge in [-0.2, -0.15) is 0 Å². The van der Waals surface area contributed by atoms with E-state index in [0.29, 0.717) is 15.2 Å². The summed E-state index contributed by atoms with van der Waals surface area (Å²) in [5.74, 6) is -2.76. The Morgan fingerprint density at radius 3 is 2.45 bits per heavy atom. The normalized spacial score (nSPS) is 11.5. The van der Waals surface area contributed by atoms with Gasteiger partial charge in [0.05, 0.1) is 12.1 Å². The number of carbonyl (C=O) groups excluding carboxylic acids is 1. The molecule has 20 heavy (non-hydrogen) atoms. The van der Waals surface area contributed by atoms with Gasteiger partial charge in [-0.25, -0.2) is 9.59 Å². The van der Waals surface area contributed by atoms with Gasteiger partial charge < -0.3 is 20.8 Å². The van der Waals surface area contributed by atoms with Crippen molar-refractivity contribution >= 4 is 51.2 Å². The lowest BCUT2D eigenvalue weighted by Gasteiger charge is -2.14. The van der Waals surface area contributed by atoms with Crippen LogP contribution in [-0.4, -0.2) is 34.2 Å². The number of carbonyl (C=O) groups is 3. The predicted molar refractivity (Wildman–Crippen MR) is 75.0 cm³/mol. The van der Waals surface area contributed by atoms with Crippen LogP contribution in [0, 0.1) is 0 Å². The number of benzene rings is 1. The molecule has 9 heteroatoms. The summed E-state index contributed by atoms with van der Waals surface area (Å²) in [4.78, 5) is 32.9. The Morgan fingerprint density at radius 2 is 1.95 bits per heavy atom. The minimum Gasteiger partial charge on any atom is -0.481 e. The van der Waals surface area contributed by atoms with E-state index in [1.54, 1.807) is 6.07 Å². The van der Waals surface area contributed by atoms with Gasteiger partial charge in [0.25, 0.3) is 0 Å². The third-order valence-corrected chi connectivity index (χ3v) is 3.05. The largest absolute Gasteiger partial charge is 0.481 e. The highest BCUT2D eigenvalue weighted by atomic mass is 79.9. The molecule has 1 atom stereocenters. The molecular weight excluding hydrogens is 355 g/mol. The van der Waals surface area contributed by atoms with Crippen molar-refractivity contribution in [2.24, 2.45) is 0 Å². The van der Waals surface area contributed by atoms with Crippen molar-refractivity contribution in [3.05, 3.63) is 27.7 Å². The molecule has 7 nitrogen and oxygen atoms in total. The third-order valence-electron chi connectivity index (χ3n) is 2.16. The van der Waals surface area contributed by atoms with Crippen LogP contribution in [0.25, 0.3) is 0 Å². The predicted octanol–water partition coefficient (Wildman–Crippen LogP) is 2.15. The van der Waals surface area contributed by atoms with Crippen molar-refractivity contribution in [3.63, 3.8) is 0 Å². The van der Waals surface area contributed by atoms with E-state index in [1.807, 2.05) is 0 Å². The summed E-state index contributed by atoms with van der Waals surface area (Å²) >= 11 is 8.91. The highest BCUT2D eigenvalue weighted by Crippen LogP contribution is 2.25. The van der Waals surface area contributed by atoms with Crippen molar-refractivity contribution in [3.8, 4) is 0 Å². The summed E-state index contributed by atoms with van der Waals surface area (Å²) in [6.07, 6.45) is -0.718. The van der Waals surface area contributed by atoms with Crippen molar-refractivity contribution < 1.29 is 24.6 Å². The number of urea groups is 1. The second-order valence-electron chi connectivity index (χ2n) is 3.71. The molecule has 0 saturated carbocycles. The number of aliphatic carboxylic acids is 2. The number of carboxylic acids is 2. The van der Waals surface area contributed by atoms with Gasteiger partial charge in [-0.3, -0.25) is 4.79 Å². The van der Waals surface area contributed by atoms with E-state index in [2.05, 4.69) is 26.6 Å². The molecule has 0 bridgehead atoms. The van der Waals surface area contributed by atoms with E-state index in [4.69, 9.17) is 21.8 Å². The summed E-state index contributed by atoms with van der Waals surface area (Å²) in [5.41, 5.74) is 0.367. The van der Waals surface area contributed by atoms with Crippen LogP contribution in [0.4, 0.5) is 10.5 Å². The topological polar surface area (TPSA) is 116 Å².